The molecule has 0 aromatic heterocycles. The van der Waals surface area contributed by atoms with Crippen molar-refractivity contribution in [2.75, 3.05) is 32.1 Å². The molecule has 0 N–H and O–H groups in total. The third-order valence-electron chi connectivity index (χ3n) is 2.20. The van der Waals surface area contributed by atoms with Gasteiger partial charge in [0.2, 0.25) is 0 Å². The van der Waals surface area contributed by atoms with Crippen LogP contribution in [0.4, 0.5) is 0 Å². The maximum atomic E-state index is 5.31. The number of rotatable bonds is 3. The summed E-state index contributed by atoms with van der Waals surface area (Å²) < 4.78 is 5.31. The molecule has 0 radical (unpaired) electrons. The fourth-order valence-electron chi connectivity index (χ4n) is 1.53. The average molecular weight is 222 g/mol. The number of alkyl halides is 1. The van der Waals surface area contributed by atoms with E-state index in [9.17, 15) is 0 Å². The van der Waals surface area contributed by atoms with Crippen molar-refractivity contribution in [3.8, 4) is 0 Å². The zero-order valence-corrected chi connectivity index (χ0v) is 8.64. The molecule has 0 saturated carbocycles. The lowest BCUT2D eigenvalue weighted by molar-refractivity contribution is 0.0339. The Balaban J connectivity index is 2.21. The van der Waals surface area contributed by atoms with Crippen LogP contribution in [0.2, 0.25) is 0 Å². The molecule has 11 heavy (non-hydrogen) atoms. The van der Waals surface area contributed by atoms with Gasteiger partial charge in [-0.25, -0.2) is 0 Å². The standard InChI is InChI=1S/C8H16BrNO/c1-11-8-3-2-5-10(7-8)6-4-9/h8H,2-7H2,1H3. The van der Waals surface area contributed by atoms with Crippen LogP contribution < -0.4 is 0 Å². The minimum absolute atomic E-state index is 0.475. The van der Waals surface area contributed by atoms with Crippen LogP contribution in [0.1, 0.15) is 12.8 Å². The molecule has 1 aliphatic heterocycles. The highest BCUT2D eigenvalue weighted by atomic mass is 79.9. The molecule has 66 valence electrons. The van der Waals surface area contributed by atoms with Crippen LogP contribution in [0, 0.1) is 0 Å². The van der Waals surface area contributed by atoms with Gasteiger partial charge in [0.25, 0.3) is 0 Å². The first kappa shape index (κ1) is 9.49. The Morgan fingerprint density at radius 1 is 1.64 bits per heavy atom. The van der Waals surface area contributed by atoms with E-state index in [1.165, 1.54) is 19.4 Å². The summed E-state index contributed by atoms with van der Waals surface area (Å²) >= 11 is 3.44. The quantitative estimate of drug-likeness (QED) is 0.671. The molecule has 1 fully saturated rings. The van der Waals surface area contributed by atoms with Crippen LogP contribution >= 0.6 is 15.9 Å². The first-order chi connectivity index (χ1) is 5.36. The van der Waals surface area contributed by atoms with E-state index in [0.717, 1.165) is 18.4 Å². The smallest absolute Gasteiger partial charge is 0.0698 e. The third-order valence-corrected chi connectivity index (χ3v) is 2.55. The van der Waals surface area contributed by atoms with Crippen molar-refractivity contribution in [1.29, 1.82) is 0 Å². The first-order valence-corrected chi connectivity index (χ1v) is 5.30. The second-order valence-corrected chi connectivity index (χ2v) is 3.78. The molecule has 0 aromatic carbocycles. The Kier molecular flexibility index (Phi) is 4.41. The Labute approximate surface area is 77.0 Å². The van der Waals surface area contributed by atoms with E-state index in [-0.39, 0.29) is 0 Å². The first-order valence-electron chi connectivity index (χ1n) is 4.18. The highest BCUT2D eigenvalue weighted by Crippen LogP contribution is 2.11. The molecule has 1 rings (SSSR count). The van der Waals surface area contributed by atoms with E-state index in [1.54, 1.807) is 0 Å². The molecule has 1 saturated heterocycles. The van der Waals surface area contributed by atoms with Crippen molar-refractivity contribution in [3.63, 3.8) is 0 Å². The molecule has 1 atom stereocenters. The topological polar surface area (TPSA) is 12.5 Å². The zero-order chi connectivity index (χ0) is 8.10. The van der Waals surface area contributed by atoms with Gasteiger partial charge >= 0.3 is 0 Å². The molecule has 0 amide bonds. The van der Waals surface area contributed by atoms with Crippen LogP contribution in [0.25, 0.3) is 0 Å². The van der Waals surface area contributed by atoms with Gasteiger partial charge < -0.3 is 4.74 Å². The van der Waals surface area contributed by atoms with Gasteiger partial charge in [0.1, 0.15) is 0 Å². The summed E-state index contributed by atoms with van der Waals surface area (Å²) in [5.74, 6) is 0. The van der Waals surface area contributed by atoms with Gasteiger partial charge in [-0.15, -0.1) is 0 Å². The summed E-state index contributed by atoms with van der Waals surface area (Å²) in [4.78, 5) is 2.45. The zero-order valence-electron chi connectivity index (χ0n) is 7.05. The van der Waals surface area contributed by atoms with Gasteiger partial charge in [0.05, 0.1) is 6.10 Å². The van der Waals surface area contributed by atoms with E-state index in [4.69, 9.17) is 4.74 Å². The van der Waals surface area contributed by atoms with Crippen LogP contribution in [-0.4, -0.2) is 43.1 Å². The monoisotopic (exact) mass is 221 g/mol. The van der Waals surface area contributed by atoms with Crippen molar-refractivity contribution in [2.24, 2.45) is 0 Å². The average Bonchev–Trinajstić information content (AvgIpc) is 2.06. The van der Waals surface area contributed by atoms with E-state index in [2.05, 4.69) is 20.8 Å². The van der Waals surface area contributed by atoms with Gasteiger partial charge in [0, 0.05) is 25.5 Å². The molecule has 1 heterocycles. The number of likely N-dealkylation sites (tertiary alicyclic amines) is 1. The van der Waals surface area contributed by atoms with Gasteiger partial charge in [-0.1, -0.05) is 15.9 Å². The molecule has 0 aromatic rings. The van der Waals surface area contributed by atoms with Crippen molar-refractivity contribution < 1.29 is 4.74 Å². The van der Waals surface area contributed by atoms with E-state index >= 15 is 0 Å². The number of piperidine rings is 1. The van der Waals surface area contributed by atoms with Crippen LogP contribution in [0.3, 0.4) is 0 Å². The van der Waals surface area contributed by atoms with Gasteiger partial charge in [-0.05, 0) is 19.4 Å². The summed E-state index contributed by atoms with van der Waals surface area (Å²) in [5, 5.41) is 1.07. The minimum atomic E-state index is 0.475. The lowest BCUT2D eigenvalue weighted by atomic mass is 10.1. The van der Waals surface area contributed by atoms with Crippen molar-refractivity contribution in [3.05, 3.63) is 0 Å². The number of nitrogens with zero attached hydrogens (tertiary/aromatic N) is 1. The lowest BCUT2D eigenvalue weighted by Gasteiger charge is -2.31. The Morgan fingerprint density at radius 3 is 3.09 bits per heavy atom. The summed E-state index contributed by atoms with van der Waals surface area (Å²) in [6, 6.07) is 0. The summed E-state index contributed by atoms with van der Waals surface area (Å²) in [7, 11) is 1.81. The molecule has 1 unspecified atom stereocenters. The Hall–Kier alpha value is 0.400. The van der Waals surface area contributed by atoms with E-state index in [0.29, 0.717) is 6.10 Å². The largest absolute Gasteiger partial charge is 0.380 e. The maximum absolute atomic E-state index is 5.31. The van der Waals surface area contributed by atoms with Gasteiger partial charge in [0.15, 0.2) is 0 Å². The molecule has 3 heteroatoms. The predicted molar refractivity (Wildman–Crippen MR) is 50.3 cm³/mol. The molecule has 0 aliphatic carbocycles. The highest BCUT2D eigenvalue weighted by Gasteiger charge is 2.17. The summed E-state index contributed by atoms with van der Waals surface area (Å²) in [6.45, 7) is 3.51. The highest BCUT2D eigenvalue weighted by molar-refractivity contribution is 9.09. The molecule has 1 aliphatic rings. The lowest BCUT2D eigenvalue weighted by Crippen LogP contribution is -2.40. The second kappa shape index (κ2) is 5.12. The van der Waals surface area contributed by atoms with Crippen LogP contribution in [0.5, 0.6) is 0 Å². The van der Waals surface area contributed by atoms with Gasteiger partial charge in [-0.2, -0.15) is 0 Å². The fourth-order valence-corrected chi connectivity index (χ4v) is 2.03. The SMILES string of the molecule is COC1CCCN(CCBr)C1. The third kappa shape index (κ3) is 3.09. The number of halogens is 1. The Bertz CT molecular complexity index is 108. The van der Waals surface area contributed by atoms with Crippen molar-refractivity contribution in [1.82, 2.24) is 4.90 Å². The molecular weight excluding hydrogens is 206 g/mol. The second-order valence-electron chi connectivity index (χ2n) is 2.99. The summed E-state index contributed by atoms with van der Waals surface area (Å²) in [5.41, 5.74) is 0. The number of methoxy groups -OCH3 is 1. The number of hydrogen-bond acceptors (Lipinski definition) is 2. The molecule has 0 spiro atoms. The van der Waals surface area contributed by atoms with Gasteiger partial charge in [-0.3, -0.25) is 4.90 Å². The maximum Gasteiger partial charge on any atom is 0.0698 e. The number of hydrogen-bond donors (Lipinski definition) is 0. The van der Waals surface area contributed by atoms with Crippen molar-refractivity contribution >= 4 is 15.9 Å². The fraction of sp³-hybridized carbons (Fsp3) is 1.00. The van der Waals surface area contributed by atoms with E-state index in [1.807, 2.05) is 7.11 Å². The molecular formula is C8H16BrNO. The van der Waals surface area contributed by atoms with Crippen LogP contribution in [0.15, 0.2) is 0 Å². The number of ether oxygens (including phenoxy) is 1. The minimum Gasteiger partial charge on any atom is -0.380 e. The predicted octanol–water partition coefficient (Wildman–Crippen LogP) is 1.49. The normalized spacial score (nSPS) is 27.3. The van der Waals surface area contributed by atoms with Crippen LogP contribution in [-0.2, 0) is 4.74 Å². The van der Waals surface area contributed by atoms with Crippen molar-refractivity contribution in [2.45, 2.75) is 18.9 Å². The summed E-state index contributed by atoms with van der Waals surface area (Å²) in [6.07, 6.45) is 2.99. The molecule has 2 nitrogen and oxygen atoms in total. The molecule has 0 bridgehead atoms. The Morgan fingerprint density at radius 2 is 2.45 bits per heavy atom. The van der Waals surface area contributed by atoms with E-state index < -0.39 is 0 Å².